The first-order valence-corrected chi connectivity index (χ1v) is 6.39. The van der Waals surface area contributed by atoms with Crippen molar-refractivity contribution in [3.05, 3.63) is 69.4 Å². The fourth-order valence-corrected chi connectivity index (χ4v) is 1.94. The van der Waals surface area contributed by atoms with Gasteiger partial charge in [0.1, 0.15) is 11.4 Å². The van der Waals surface area contributed by atoms with Crippen molar-refractivity contribution in [1.82, 2.24) is 10.3 Å². The largest absolute Gasteiger partial charge is 0.387 e. The maximum absolute atomic E-state index is 12.8. The van der Waals surface area contributed by atoms with Crippen molar-refractivity contribution in [3.63, 3.8) is 0 Å². The van der Waals surface area contributed by atoms with E-state index >= 15 is 0 Å². The molecule has 0 saturated carbocycles. The van der Waals surface area contributed by atoms with Crippen LogP contribution in [0.3, 0.4) is 0 Å². The summed E-state index contributed by atoms with van der Waals surface area (Å²) in [6.45, 7) is 1.58. The van der Waals surface area contributed by atoms with Crippen molar-refractivity contribution in [2.24, 2.45) is 0 Å². The Morgan fingerprint density at radius 1 is 1.33 bits per heavy atom. The second-order valence-corrected chi connectivity index (χ2v) is 4.64. The van der Waals surface area contributed by atoms with Gasteiger partial charge in [-0.1, -0.05) is 12.1 Å². The minimum Gasteiger partial charge on any atom is -0.387 e. The highest BCUT2D eigenvalue weighted by Gasteiger charge is 2.15. The number of halogens is 1. The molecule has 0 fully saturated rings. The molecule has 1 heterocycles. The quantitative estimate of drug-likeness (QED) is 0.793. The molecule has 0 radical (unpaired) electrons. The number of aromatic amines is 1. The van der Waals surface area contributed by atoms with E-state index in [2.05, 4.69) is 10.3 Å². The number of hydrogen-bond acceptors (Lipinski definition) is 3. The third kappa shape index (κ3) is 3.55. The Bertz CT molecular complexity index is 695. The normalized spacial score (nSPS) is 12.0. The van der Waals surface area contributed by atoms with Gasteiger partial charge in [-0.2, -0.15) is 0 Å². The Kier molecular flexibility index (Phi) is 4.49. The Morgan fingerprint density at radius 2 is 2.00 bits per heavy atom. The number of aromatic nitrogens is 1. The predicted octanol–water partition coefficient (Wildman–Crippen LogP) is 1.29. The smallest absolute Gasteiger partial charge is 0.261 e. The van der Waals surface area contributed by atoms with Gasteiger partial charge in [-0.25, -0.2) is 4.39 Å². The average molecular weight is 290 g/mol. The van der Waals surface area contributed by atoms with Crippen LogP contribution in [0, 0.1) is 12.7 Å². The van der Waals surface area contributed by atoms with Crippen LogP contribution in [-0.2, 0) is 0 Å². The highest BCUT2D eigenvalue weighted by molar-refractivity contribution is 5.95. The molecule has 1 atom stereocenters. The SMILES string of the molecule is Cc1cc[nH]c(=O)c1C(=O)NCC(O)c1ccc(F)cc1. The summed E-state index contributed by atoms with van der Waals surface area (Å²) < 4.78 is 12.8. The number of pyridine rings is 1. The van der Waals surface area contributed by atoms with E-state index < -0.39 is 23.4 Å². The number of benzene rings is 1. The number of H-pyrrole nitrogens is 1. The van der Waals surface area contributed by atoms with E-state index in [4.69, 9.17) is 0 Å². The van der Waals surface area contributed by atoms with Gasteiger partial charge in [0, 0.05) is 12.7 Å². The molecule has 0 aliphatic heterocycles. The molecule has 5 nitrogen and oxygen atoms in total. The van der Waals surface area contributed by atoms with Gasteiger partial charge in [0.05, 0.1) is 6.10 Å². The zero-order chi connectivity index (χ0) is 15.4. The Balaban J connectivity index is 2.04. The van der Waals surface area contributed by atoms with Gasteiger partial charge in [0.25, 0.3) is 11.5 Å². The van der Waals surface area contributed by atoms with Crippen LogP contribution in [0.25, 0.3) is 0 Å². The Hall–Kier alpha value is -2.47. The average Bonchev–Trinajstić information content (AvgIpc) is 2.45. The summed E-state index contributed by atoms with van der Waals surface area (Å²) in [7, 11) is 0. The van der Waals surface area contributed by atoms with Crippen LogP contribution in [0.4, 0.5) is 4.39 Å². The van der Waals surface area contributed by atoms with Crippen LogP contribution in [-0.4, -0.2) is 22.5 Å². The molecule has 2 aromatic rings. The number of aliphatic hydroxyl groups excluding tert-OH is 1. The fourth-order valence-electron chi connectivity index (χ4n) is 1.94. The molecule has 1 unspecified atom stereocenters. The number of carbonyl (C=O) groups is 1. The molecule has 0 spiro atoms. The van der Waals surface area contributed by atoms with E-state index in [-0.39, 0.29) is 12.1 Å². The highest BCUT2D eigenvalue weighted by Crippen LogP contribution is 2.12. The molecular formula is C15H15FN2O3. The van der Waals surface area contributed by atoms with Crippen molar-refractivity contribution < 1.29 is 14.3 Å². The van der Waals surface area contributed by atoms with E-state index in [1.807, 2.05) is 0 Å². The lowest BCUT2D eigenvalue weighted by atomic mass is 10.1. The Labute approximate surface area is 120 Å². The van der Waals surface area contributed by atoms with Crippen molar-refractivity contribution >= 4 is 5.91 Å². The van der Waals surface area contributed by atoms with Gasteiger partial charge in [-0.15, -0.1) is 0 Å². The maximum atomic E-state index is 12.8. The summed E-state index contributed by atoms with van der Waals surface area (Å²) in [6.07, 6.45) is 0.486. The van der Waals surface area contributed by atoms with Gasteiger partial charge >= 0.3 is 0 Å². The third-order valence-electron chi connectivity index (χ3n) is 3.11. The number of nitrogens with one attached hydrogen (secondary N) is 2. The van der Waals surface area contributed by atoms with Crippen molar-refractivity contribution in [2.75, 3.05) is 6.54 Å². The second-order valence-electron chi connectivity index (χ2n) is 4.64. The Morgan fingerprint density at radius 3 is 2.62 bits per heavy atom. The topological polar surface area (TPSA) is 82.2 Å². The van der Waals surface area contributed by atoms with E-state index in [1.165, 1.54) is 30.5 Å². The van der Waals surface area contributed by atoms with Crippen LogP contribution in [0.15, 0.2) is 41.3 Å². The minimum absolute atomic E-state index is 0.0174. The van der Waals surface area contributed by atoms with Gasteiger partial charge < -0.3 is 15.4 Å². The standard InChI is InChI=1S/C15H15FN2O3/c1-9-6-7-17-14(20)13(9)15(21)18-8-12(19)10-2-4-11(16)5-3-10/h2-7,12,19H,8H2,1H3,(H,17,20)(H,18,21). The molecule has 110 valence electrons. The van der Waals surface area contributed by atoms with Crippen molar-refractivity contribution in [2.45, 2.75) is 13.0 Å². The second kappa shape index (κ2) is 6.32. The molecule has 1 aromatic heterocycles. The zero-order valence-electron chi connectivity index (χ0n) is 11.4. The first-order chi connectivity index (χ1) is 9.99. The lowest BCUT2D eigenvalue weighted by Gasteiger charge is -2.12. The van der Waals surface area contributed by atoms with Gasteiger partial charge in [-0.3, -0.25) is 9.59 Å². The summed E-state index contributed by atoms with van der Waals surface area (Å²) in [5.74, 6) is -0.961. The minimum atomic E-state index is -0.974. The number of rotatable bonds is 4. The van der Waals surface area contributed by atoms with E-state index in [0.717, 1.165) is 0 Å². The summed E-state index contributed by atoms with van der Waals surface area (Å²) in [5.41, 5.74) is 0.565. The highest BCUT2D eigenvalue weighted by atomic mass is 19.1. The number of aryl methyl sites for hydroxylation is 1. The lowest BCUT2D eigenvalue weighted by molar-refractivity contribution is 0.0914. The molecule has 1 aromatic carbocycles. The summed E-state index contributed by atoms with van der Waals surface area (Å²) in [4.78, 5) is 26.0. The molecular weight excluding hydrogens is 275 g/mol. The van der Waals surface area contributed by atoms with Crippen LogP contribution in [0.5, 0.6) is 0 Å². The van der Waals surface area contributed by atoms with E-state index in [1.54, 1.807) is 13.0 Å². The first kappa shape index (κ1) is 14.9. The third-order valence-corrected chi connectivity index (χ3v) is 3.11. The van der Waals surface area contributed by atoms with E-state index in [9.17, 15) is 19.1 Å². The molecule has 0 aliphatic carbocycles. The summed E-state index contributed by atoms with van der Waals surface area (Å²) >= 11 is 0. The molecule has 2 rings (SSSR count). The van der Waals surface area contributed by atoms with Gasteiger partial charge in [0.2, 0.25) is 0 Å². The number of amides is 1. The van der Waals surface area contributed by atoms with Crippen molar-refractivity contribution in [1.29, 1.82) is 0 Å². The number of aliphatic hydroxyl groups is 1. The first-order valence-electron chi connectivity index (χ1n) is 6.39. The molecule has 6 heteroatoms. The summed E-state index contributed by atoms with van der Waals surface area (Å²) in [6, 6.07) is 6.95. The fraction of sp³-hybridized carbons (Fsp3) is 0.200. The molecule has 3 N–H and O–H groups in total. The molecule has 21 heavy (non-hydrogen) atoms. The van der Waals surface area contributed by atoms with Crippen LogP contribution < -0.4 is 10.9 Å². The van der Waals surface area contributed by atoms with Crippen LogP contribution >= 0.6 is 0 Å². The molecule has 0 saturated heterocycles. The van der Waals surface area contributed by atoms with Gasteiger partial charge in [0.15, 0.2) is 0 Å². The molecule has 0 aliphatic rings. The number of hydrogen-bond donors (Lipinski definition) is 3. The monoisotopic (exact) mass is 290 g/mol. The molecule has 0 bridgehead atoms. The maximum Gasteiger partial charge on any atom is 0.261 e. The van der Waals surface area contributed by atoms with Crippen molar-refractivity contribution in [3.8, 4) is 0 Å². The van der Waals surface area contributed by atoms with E-state index in [0.29, 0.717) is 11.1 Å². The number of carbonyl (C=O) groups excluding carboxylic acids is 1. The molecule has 1 amide bonds. The predicted molar refractivity (Wildman–Crippen MR) is 75.5 cm³/mol. The van der Waals surface area contributed by atoms with Crippen LogP contribution in [0.1, 0.15) is 27.6 Å². The summed E-state index contributed by atoms with van der Waals surface area (Å²) in [5, 5.41) is 12.4. The van der Waals surface area contributed by atoms with Crippen LogP contribution in [0.2, 0.25) is 0 Å². The van der Waals surface area contributed by atoms with Gasteiger partial charge in [-0.05, 0) is 36.2 Å². The lowest BCUT2D eigenvalue weighted by Crippen LogP contribution is -2.33. The zero-order valence-corrected chi connectivity index (χ0v) is 11.4.